The highest BCUT2D eigenvalue weighted by Crippen LogP contribution is 2.25. The zero-order chi connectivity index (χ0) is 14.8. The second-order valence-corrected chi connectivity index (χ2v) is 5.68. The molecule has 0 bridgehead atoms. The van der Waals surface area contributed by atoms with Crippen LogP contribution in [0.3, 0.4) is 0 Å². The number of aliphatic hydroxyl groups is 1. The number of ether oxygens (including phenoxy) is 1. The fraction of sp³-hybridized carbons (Fsp3) is 0.400. The van der Waals surface area contributed by atoms with E-state index in [4.69, 9.17) is 9.84 Å². The van der Waals surface area contributed by atoms with Crippen molar-refractivity contribution in [2.24, 2.45) is 0 Å². The molecule has 0 aliphatic carbocycles. The highest BCUT2D eigenvalue weighted by atomic mass is 16.6. The number of nitrogens with one attached hydrogen (secondary N) is 2. The van der Waals surface area contributed by atoms with E-state index in [1.807, 2.05) is 39.0 Å². The maximum absolute atomic E-state index is 11.8. The van der Waals surface area contributed by atoms with Gasteiger partial charge in [-0.25, -0.2) is 4.79 Å². The summed E-state index contributed by atoms with van der Waals surface area (Å²) in [5, 5.41) is 12.6. The molecule has 0 fully saturated rings. The number of fused-ring (bicyclic) bond motifs is 1. The molecule has 0 spiro atoms. The Morgan fingerprint density at radius 2 is 2.15 bits per heavy atom. The normalized spacial score (nSPS) is 11.6. The van der Waals surface area contributed by atoms with Crippen LogP contribution < -0.4 is 5.32 Å². The number of anilines is 1. The molecular formula is C15H20N2O3. The van der Waals surface area contributed by atoms with Crippen LogP contribution in [0.5, 0.6) is 0 Å². The molecule has 0 unspecified atom stereocenters. The molecule has 0 saturated carbocycles. The Balaban J connectivity index is 2.21. The van der Waals surface area contributed by atoms with Gasteiger partial charge in [0.1, 0.15) is 5.60 Å². The van der Waals surface area contributed by atoms with Crippen molar-refractivity contribution in [2.75, 3.05) is 11.9 Å². The van der Waals surface area contributed by atoms with Crippen LogP contribution in [0.2, 0.25) is 0 Å². The Hall–Kier alpha value is -2.01. The Kier molecular flexibility index (Phi) is 3.99. The number of rotatable bonds is 3. The van der Waals surface area contributed by atoms with E-state index in [0.717, 1.165) is 16.5 Å². The first-order chi connectivity index (χ1) is 9.39. The van der Waals surface area contributed by atoms with Crippen LogP contribution in [0.4, 0.5) is 10.5 Å². The zero-order valence-corrected chi connectivity index (χ0v) is 12.0. The van der Waals surface area contributed by atoms with Crippen LogP contribution in [0, 0.1) is 0 Å². The molecule has 3 N–H and O–H groups in total. The Bertz CT molecular complexity index is 611. The maximum Gasteiger partial charge on any atom is 0.412 e. The summed E-state index contributed by atoms with van der Waals surface area (Å²) < 4.78 is 5.23. The molecule has 1 heterocycles. The average molecular weight is 276 g/mol. The lowest BCUT2D eigenvalue weighted by Crippen LogP contribution is -2.27. The highest BCUT2D eigenvalue weighted by Gasteiger charge is 2.17. The molecule has 0 aliphatic heterocycles. The predicted octanol–water partition coefficient (Wildman–Crippen LogP) is 3.05. The van der Waals surface area contributed by atoms with Crippen molar-refractivity contribution in [3.05, 3.63) is 30.0 Å². The van der Waals surface area contributed by atoms with E-state index in [1.165, 1.54) is 0 Å². The molecule has 0 atom stereocenters. The number of hydrogen-bond acceptors (Lipinski definition) is 3. The molecule has 5 heteroatoms. The summed E-state index contributed by atoms with van der Waals surface area (Å²) in [7, 11) is 0. The second-order valence-electron chi connectivity index (χ2n) is 5.68. The van der Waals surface area contributed by atoms with Crippen LogP contribution in [0.1, 0.15) is 26.3 Å². The van der Waals surface area contributed by atoms with E-state index < -0.39 is 11.7 Å². The van der Waals surface area contributed by atoms with Crippen molar-refractivity contribution in [2.45, 2.75) is 32.8 Å². The lowest BCUT2D eigenvalue weighted by molar-refractivity contribution is 0.0636. The first-order valence-corrected chi connectivity index (χ1v) is 6.60. The minimum absolute atomic E-state index is 0.102. The minimum atomic E-state index is -0.530. The van der Waals surface area contributed by atoms with Gasteiger partial charge in [0.2, 0.25) is 0 Å². The quantitative estimate of drug-likeness (QED) is 0.806. The number of benzene rings is 1. The number of aliphatic hydroxyl groups excluding tert-OH is 1. The van der Waals surface area contributed by atoms with Crippen molar-refractivity contribution in [3.8, 4) is 0 Å². The molecule has 1 aromatic heterocycles. The summed E-state index contributed by atoms with van der Waals surface area (Å²) in [4.78, 5) is 14.9. The van der Waals surface area contributed by atoms with Gasteiger partial charge in [0.25, 0.3) is 0 Å². The van der Waals surface area contributed by atoms with E-state index in [-0.39, 0.29) is 6.61 Å². The van der Waals surface area contributed by atoms with Gasteiger partial charge in [-0.15, -0.1) is 0 Å². The summed E-state index contributed by atoms with van der Waals surface area (Å²) in [6.45, 7) is 5.56. The van der Waals surface area contributed by atoms with E-state index >= 15 is 0 Å². The van der Waals surface area contributed by atoms with Gasteiger partial charge in [0, 0.05) is 23.7 Å². The van der Waals surface area contributed by atoms with Crippen LogP contribution in [-0.4, -0.2) is 28.4 Å². The Labute approximate surface area is 117 Å². The fourth-order valence-corrected chi connectivity index (χ4v) is 1.97. The topological polar surface area (TPSA) is 74.3 Å². The predicted molar refractivity (Wildman–Crippen MR) is 78.9 cm³/mol. The molecule has 0 saturated heterocycles. The molecule has 2 aromatic rings. The number of amides is 1. The number of aromatic amines is 1. The largest absolute Gasteiger partial charge is 0.444 e. The Morgan fingerprint density at radius 3 is 2.80 bits per heavy atom. The van der Waals surface area contributed by atoms with Gasteiger partial charge in [0.05, 0.1) is 5.69 Å². The van der Waals surface area contributed by atoms with Crippen molar-refractivity contribution in [1.82, 2.24) is 4.98 Å². The molecule has 108 valence electrons. The summed E-state index contributed by atoms with van der Waals surface area (Å²) in [6.07, 6.45) is 1.84. The molecule has 20 heavy (non-hydrogen) atoms. The van der Waals surface area contributed by atoms with Gasteiger partial charge in [-0.1, -0.05) is 6.07 Å². The van der Waals surface area contributed by atoms with Crippen LogP contribution in [0.15, 0.2) is 24.4 Å². The number of carbonyl (C=O) groups is 1. The van der Waals surface area contributed by atoms with E-state index in [1.54, 1.807) is 6.20 Å². The lowest BCUT2D eigenvalue weighted by atomic mass is 10.1. The Morgan fingerprint density at radius 1 is 1.40 bits per heavy atom. The van der Waals surface area contributed by atoms with E-state index in [9.17, 15) is 4.79 Å². The summed E-state index contributed by atoms with van der Waals surface area (Å²) in [6, 6.07) is 5.83. The first-order valence-electron chi connectivity index (χ1n) is 6.60. The molecule has 1 aromatic carbocycles. The summed E-state index contributed by atoms with van der Waals surface area (Å²) in [5.74, 6) is 0. The second kappa shape index (κ2) is 5.54. The van der Waals surface area contributed by atoms with Crippen LogP contribution in [0.25, 0.3) is 10.9 Å². The average Bonchev–Trinajstić information content (AvgIpc) is 2.70. The van der Waals surface area contributed by atoms with Crippen LogP contribution in [-0.2, 0) is 11.2 Å². The first kappa shape index (κ1) is 14.4. The molecule has 5 nitrogen and oxygen atoms in total. The van der Waals surface area contributed by atoms with Gasteiger partial charge < -0.3 is 14.8 Å². The monoisotopic (exact) mass is 276 g/mol. The zero-order valence-electron chi connectivity index (χ0n) is 12.0. The third kappa shape index (κ3) is 3.51. The lowest BCUT2D eigenvalue weighted by Gasteiger charge is -2.19. The van der Waals surface area contributed by atoms with E-state index in [0.29, 0.717) is 12.1 Å². The highest BCUT2D eigenvalue weighted by molar-refractivity contribution is 5.99. The summed E-state index contributed by atoms with van der Waals surface area (Å²) in [5.41, 5.74) is 2.09. The van der Waals surface area contributed by atoms with Crippen molar-refractivity contribution < 1.29 is 14.6 Å². The fourth-order valence-electron chi connectivity index (χ4n) is 1.97. The summed E-state index contributed by atoms with van der Waals surface area (Å²) >= 11 is 0. The number of carbonyl (C=O) groups excluding carboxylic acids is 1. The van der Waals surface area contributed by atoms with Gasteiger partial charge in [-0.3, -0.25) is 5.32 Å². The van der Waals surface area contributed by atoms with Crippen molar-refractivity contribution in [3.63, 3.8) is 0 Å². The third-order valence-electron chi connectivity index (χ3n) is 2.78. The van der Waals surface area contributed by atoms with Crippen LogP contribution >= 0.6 is 0 Å². The smallest absolute Gasteiger partial charge is 0.412 e. The van der Waals surface area contributed by atoms with Gasteiger partial charge in [-0.05, 0) is 44.9 Å². The van der Waals surface area contributed by atoms with E-state index in [2.05, 4.69) is 10.3 Å². The molecule has 0 radical (unpaired) electrons. The van der Waals surface area contributed by atoms with Crippen molar-refractivity contribution in [1.29, 1.82) is 0 Å². The number of aromatic nitrogens is 1. The van der Waals surface area contributed by atoms with Gasteiger partial charge in [0.15, 0.2) is 0 Å². The SMILES string of the molecule is CC(C)(C)OC(=O)Nc1c[nH]c2ccc(CCO)cc12. The third-order valence-corrected chi connectivity index (χ3v) is 2.78. The maximum atomic E-state index is 11.8. The molecule has 2 rings (SSSR count). The number of H-pyrrole nitrogens is 1. The van der Waals surface area contributed by atoms with Gasteiger partial charge in [-0.2, -0.15) is 0 Å². The molecule has 0 aliphatic rings. The molecule has 1 amide bonds. The van der Waals surface area contributed by atoms with Crippen molar-refractivity contribution >= 4 is 22.7 Å². The number of hydrogen-bond donors (Lipinski definition) is 3. The van der Waals surface area contributed by atoms with Gasteiger partial charge >= 0.3 is 6.09 Å². The standard InChI is InChI=1S/C15H20N2O3/c1-15(2,3)20-14(19)17-13-9-16-12-5-4-10(6-7-18)8-11(12)13/h4-5,8-9,16,18H,6-7H2,1-3H3,(H,17,19). The molecular weight excluding hydrogens is 256 g/mol. The minimum Gasteiger partial charge on any atom is -0.444 e.